The number of hydrogen-bond acceptors (Lipinski definition) is 2. The number of anilines is 3. The first kappa shape index (κ1) is 29.7. The molecular weight excluding hydrogens is 633 g/mol. The second-order valence-electron chi connectivity index (χ2n) is 13.1. The van der Waals surface area contributed by atoms with Gasteiger partial charge in [0, 0.05) is 50.7 Å². The molecule has 0 radical (unpaired) electrons. The van der Waals surface area contributed by atoms with E-state index in [-0.39, 0.29) is 0 Å². The highest BCUT2D eigenvalue weighted by molar-refractivity contribution is 6.26. The van der Waals surface area contributed by atoms with Crippen molar-refractivity contribution < 1.29 is 0 Å². The Labute approximate surface area is 301 Å². The third kappa shape index (κ3) is 4.72. The van der Waals surface area contributed by atoms with Gasteiger partial charge in [-0.25, -0.2) is 4.85 Å². The zero-order valence-corrected chi connectivity index (χ0v) is 28.1. The molecule has 0 spiro atoms. The minimum absolute atomic E-state index is 0.618. The Balaban J connectivity index is 1.07. The predicted octanol–water partition coefficient (Wildman–Crippen LogP) is 13.3. The number of pyridine rings is 1. The van der Waals surface area contributed by atoms with Gasteiger partial charge < -0.3 is 9.47 Å². The fourth-order valence-electron chi connectivity index (χ4n) is 7.84. The van der Waals surface area contributed by atoms with Crippen molar-refractivity contribution in [1.82, 2.24) is 9.55 Å². The molecule has 0 aliphatic carbocycles. The third-order valence-corrected chi connectivity index (χ3v) is 10.2. The molecule has 242 valence electrons. The van der Waals surface area contributed by atoms with E-state index >= 15 is 0 Å². The number of benzene rings is 8. The minimum atomic E-state index is 0.618. The molecule has 4 nitrogen and oxygen atoms in total. The zero-order chi connectivity index (χ0) is 34.6. The Bertz CT molecular complexity index is 2930. The van der Waals surface area contributed by atoms with Crippen LogP contribution in [0.2, 0.25) is 0 Å². The zero-order valence-electron chi connectivity index (χ0n) is 28.1. The number of nitrogens with zero attached hydrogens (tertiary/aromatic N) is 4. The summed E-state index contributed by atoms with van der Waals surface area (Å²) in [5.41, 5.74) is 12.8. The average Bonchev–Trinajstić information content (AvgIpc) is 3.56. The van der Waals surface area contributed by atoms with Crippen molar-refractivity contribution >= 4 is 66.2 Å². The van der Waals surface area contributed by atoms with Gasteiger partial charge >= 0.3 is 0 Å². The molecule has 4 heteroatoms. The Morgan fingerprint density at radius 1 is 0.481 bits per heavy atom. The summed E-state index contributed by atoms with van der Waals surface area (Å²) in [6.45, 7) is 7.49. The molecule has 0 amide bonds. The summed E-state index contributed by atoms with van der Waals surface area (Å²) in [4.78, 5) is 10.6. The van der Waals surface area contributed by atoms with Crippen molar-refractivity contribution in [2.24, 2.45) is 0 Å². The Morgan fingerprint density at radius 3 is 1.85 bits per heavy atom. The molecule has 0 fully saturated rings. The van der Waals surface area contributed by atoms with Gasteiger partial charge in [-0.05, 0) is 94.2 Å². The fourth-order valence-corrected chi connectivity index (χ4v) is 7.84. The first-order valence-electron chi connectivity index (χ1n) is 17.4. The first-order valence-corrected chi connectivity index (χ1v) is 17.4. The number of rotatable bonds is 6. The maximum Gasteiger partial charge on any atom is 0.187 e. The molecule has 0 N–H and O–H groups in total. The summed E-state index contributed by atoms with van der Waals surface area (Å²) < 4.78 is 2.39. The van der Waals surface area contributed by atoms with Crippen LogP contribution in [0.1, 0.15) is 0 Å². The monoisotopic (exact) mass is 662 g/mol. The average molecular weight is 663 g/mol. The predicted molar refractivity (Wildman–Crippen MR) is 217 cm³/mol. The normalized spacial score (nSPS) is 11.4. The van der Waals surface area contributed by atoms with Gasteiger partial charge in [-0.2, -0.15) is 0 Å². The molecule has 0 saturated carbocycles. The molecule has 52 heavy (non-hydrogen) atoms. The van der Waals surface area contributed by atoms with Gasteiger partial charge in [0.25, 0.3) is 0 Å². The van der Waals surface area contributed by atoms with Crippen LogP contribution in [0.25, 0.3) is 76.3 Å². The first-order chi connectivity index (χ1) is 25.7. The Morgan fingerprint density at radius 2 is 1.12 bits per heavy atom. The van der Waals surface area contributed by atoms with Crippen molar-refractivity contribution in [1.29, 1.82) is 0 Å². The van der Waals surface area contributed by atoms with Crippen molar-refractivity contribution in [2.75, 3.05) is 4.90 Å². The number of fused-ring (bicyclic) bond motifs is 1. The topological polar surface area (TPSA) is 25.4 Å². The lowest BCUT2D eigenvalue weighted by Gasteiger charge is -2.26. The van der Waals surface area contributed by atoms with Crippen LogP contribution in [-0.4, -0.2) is 9.55 Å². The van der Waals surface area contributed by atoms with Crippen LogP contribution < -0.4 is 4.90 Å². The second-order valence-corrected chi connectivity index (χ2v) is 13.1. The molecule has 0 atom stereocenters. The maximum absolute atomic E-state index is 7.49. The van der Waals surface area contributed by atoms with Gasteiger partial charge in [0.2, 0.25) is 0 Å². The summed E-state index contributed by atoms with van der Waals surface area (Å²) in [7, 11) is 0. The van der Waals surface area contributed by atoms with Gasteiger partial charge in [0.05, 0.1) is 23.1 Å². The van der Waals surface area contributed by atoms with E-state index in [0.29, 0.717) is 5.69 Å². The van der Waals surface area contributed by atoms with Crippen molar-refractivity contribution in [3.05, 3.63) is 194 Å². The molecule has 0 saturated heterocycles. The van der Waals surface area contributed by atoms with Gasteiger partial charge in [-0.1, -0.05) is 109 Å². The Kier molecular flexibility index (Phi) is 6.84. The standard InChI is InChI=1S/C48H30N4/c1-49-36-20-26-40(27-21-36)51(39-24-17-33(18-25-39)42-13-5-9-35-10-7-31-50-48(35)42)38-22-15-32(16-23-38)41-29-30-45-47-43(41)28-19-34-8-6-14-44(46(34)47)52(45)37-11-3-2-4-12-37/h2-31H. The molecule has 8 aromatic carbocycles. The SMILES string of the molecule is [C-]#[N+]c1ccc(N(c2ccc(-c3ccc4c5c3ccc3cccc(c35)n4-c3ccccc3)cc2)c2ccc(-c3cccc4cccnc34)cc2)cc1. The van der Waals surface area contributed by atoms with Gasteiger partial charge in [0.15, 0.2) is 5.69 Å². The Hall–Kier alpha value is -7.22. The van der Waals surface area contributed by atoms with Crippen LogP contribution in [0.5, 0.6) is 0 Å². The van der Waals surface area contributed by atoms with Crippen LogP contribution in [0.15, 0.2) is 182 Å². The van der Waals surface area contributed by atoms with Crippen LogP contribution in [-0.2, 0) is 0 Å². The quantitative estimate of drug-likeness (QED) is 0.131. The highest BCUT2D eigenvalue weighted by Gasteiger charge is 2.19. The van der Waals surface area contributed by atoms with E-state index in [1.807, 2.05) is 36.5 Å². The van der Waals surface area contributed by atoms with Crippen molar-refractivity contribution in [3.8, 4) is 27.9 Å². The van der Waals surface area contributed by atoms with E-state index in [0.717, 1.165) is 50.3 Å². The molecule has 0 bridgehead atoms. The second kappa shape index (κ2) is 12.0. The van der Waals surface area contributed by atoms with Gasteiger partial charge in [0.1, 0.15) is 0 Å². The van der Waals surface area contributed by atoms with Crippen LogP contribution >= 0.6 is 0 Å². The number of para-hydroxylation sites is 2. The largest absolute Gasteiger partial charge is 0.311 e. The van der Waals surface area contributed by atoms with Gasteiger partial charge in [-0.15, -0.1) is 0 Å². The smallest absolute Gasteiger partial charge is 0.187 e. The van der Waals surface area contributed by atoms with E-state index in [4.69, 9.17) is 6.57 Å². The highest BCUT2D eigenvalue weighted by Crippen LogP contribution is 2.43. The molecule has 0 aliphatic heterocycles. The van der Waals surface area contributed by atoms with E-state index < -0.39 is 0 Å². The third-order valence-electron chi connectivity index (χ3n) is 10.2. The lowest BCUT2D eigenvalue weighted by molar-refractivity contribution is 1.18. The number of aromatic nitrogens is 2. The van der Waals surface area contributed by atoms with Crippen molar-refractivity contribution in [3.63, 3.8) is 0 Å². The summed E-state index contributed by atoms with van der Waals surface area (Å²) in [5, 5.41) is 6.21. The number of hydrogen-bond donors (Lipinski definition) is 0. The van der Waals surface area contributed by atoms with Crippen LogP contribution in [0, 0.1) is 6.57 Å². The molecule has 10 rings (SSSR count). The minimum Gasteiger partial charge on any atom is -0.311 e. The van der Waals surface area contributed by atoms with Crippen molar-refractivity contribution in [2.45, 2.75) is 0 Å². The van der Waals surface area contributed by atoms with E-state index in [1.54, 1.807) is 0 Å². The fraction of sp³-hybridized carbons (Fsp3) is 0. The lowest BCUT2D eigenvalue weighted by Crippen LogP contribution is -2.09. The lowest BCUT2D eigenvalue weighted by atomic mass is 9.94. The molecular formula is C48H30N4. The molecule has 2 aromatic heterocycles. The van der Waals surface area contributed by atoms with E-state index in [1.165, 1.54) is 38.1 Å². The summed E-state index contributed by atoms with van der Waals surface area (Å²) in [5.74, 6) is 0. The summed E-state index contributed by atoms with van der Waals surface area (Å²) in [6, 6.07) is 62.0. The van der Waals surface area contributed by atoms with Gasteiger partial charge in [-0.3, -0.25) is 4.98 Å². The molecule has 10 aromatic rings. The summed E-state index contributed by atoms with van der Waals surface area (Å²) >= 11 is 0. The molecule has 0 unspecified atom stereocenters. The highest BCUT2D eigenvalue weighted by atomic mass is 15.1. The summed E-state index contributed by atoms with van der Waals surface area (Å²) in [6.07, 6.45) is 1.85. The molecule has 0 aliphatic rings. The molecule has 2 heterocycles. The van der Waals surface area contributed by atoms with Crippen LogP contribution in [0.3, 0.4) is 0 Å². The van der Waals surface area contributed by atoms with E-state index in [9.17, 15) is 0 Å². The maximum atomic E-state index is 7.49. The van der Waals surface area contributed by atoms with Crippen LogP contribution in [0.4, 0.5) is 22.7 Å². The van der Waals surface area contributed by atoms with E-state index in [2.05, 4.69) is 165 Å².